The molecule has 0 saturated heterocycles. The molecule has 0 radical (unpaired) electrons. The van der Waals surface area contributed by atoms with Crippen LogP contribution in [0.4, 0.5) is 5.82 Å². The number of carbonyl (C=O) groups is 1. The molecule has 3 aromatic carbocycles. The Bertz CT molecular complexity index is 1200. The molecule has 4 rings (SSSR count). The molecule has 0 atom stereocenters. The van der Waals surface area contributed by atoms with E-state index in [4.69, 9.17) is 5.10 Å². The Morgan fingerprint density at radius 1 is 0.839 bits per heavy atom. The molecule has 0 fully saturated rings. The standard InChI is InChI=1S/C27H27N3O/c1-19-10-8-9-13-23(19)30-25(18-24(29-30)27(2,3)4)28-26(31)22-16-14-21(15-17-22)20-11-6-5-7-12-20/h5-18H,1-4H3,(H,28,31). The van der Waals surface area contributed by atoms with Gasteiger partial charge in [-0.3, -0.25) is 4.79 Å². The Morgan fingerprint density at radius 3 is 2.10 bits per heavy atom. The number of hydrogen-bond donors (Lipinski definition) is 1. The van der Waals surface area contributed by atoms with Crippen molar-refractivity contribution in [1.82, 2.24) is 9.78 Å². The fourth-order valence-electron chi connectivity index (χ4n) is 3.45. The molecule has 0 spiro atoms. The minimum atomic E-state index is -0.158. The van der Waals surface area contributed by atoms with Gasteiger partial charge in [-0.05, 0) is 41.8 Å². The van der Waals surface area contributed by atoms with E-state index in [9.17, 15) is 4.79 Å². The lowest BCUT2D eigenvalue weighted by Crippen LogP contribution is -2.15. The van der Waals surface area contributed by atoms with Gasteiger partial charge in [-0.25, -0.2) is 4.68 Å². The number of para-hydroxylation sites is 1. The first-order chi connectivity index (χ1) is 14.8. The van der Waals surface area contributed by atoms with E-state index in [0.717, 1.165) is 28.1 Å². The number of amides is 1. The first-order valence-corrected chi connectivity index (χ1v) is 10.5. The van der Waals surface area contributed by atoms with Crippen LogP contribution in [0.3, 0.4) is 0 Å². The fourth-order valence-corrected chi connectivity index (χ4v) is 3.45. The number of benzene rings is 3. The van der Waals surface area contributed by atoms with Crippen LogP contribution in [0.2, 0.25) is 0 Å². The Morgan fingerprint density at radius 2 is 1.45 bits per heavy atom. The summed E-state index contributed by atoms with van der Waals surface area (Å²) >= 11 is 0. The Kier molecular flexibility index (Phi) is 5.47. The number of rotatable bonds is 4. The van der Waals surface area contributed by atoms with Gasteiger partial charge in [0.1, 0.15) is 5.82 Å². The lowest BCUT2D eigenvalue weighted by Gasteiger charge is -2.14. The Hall–Kier alpha value is -3.66. The van der Waals surface area contributed by atoms with Crippen LogP contribution in [0.1, 0.15) is 42.4 Å². The number of nitrogens with one attached hydrogen (secondary N) is 1. The van der Waals surface area contributed by atoms with Gasteiger partial charge < -0.3 is 5.32 Å². The molecule has 156 valence electrons. The molecule has 4 aromatic rings. The maximum atomic E-state index is 13.0. The van der Waals surface area contributed by atoms with E-state index in [0.29, 0.717) is 11.4 Å². The minimum Gasteiger partial charge on any atom is -0.306 e. The van der Waals surface area contributed by atoms with Gasteiger partial charge in [-0.1, -0.05) is 81.4 Å². The summed E-state index contributed by atoms with van der Waals surface area (Å²) in [6.07, 6.45) is 0. The maximum Gasteiger partial charge on any atom is 0.256 e. The van der Waals surface area contributed by atoms with Crippen molar-refractivity contribution in [1.29, 1.82) is 0 Å². The number of aryl methyl sites for hydroxylation is 1. The molecule has 4 heteroatoms. The van der Waals surface area contributed by atoms with Crippen LogP contribution in [0.15, 0.2) is 84.9 Å². The zero-order chi connectivity index (χ0) is 22.0. The Labute approximate surface area is 183 Å². The largest absolute Gasteiger partial charge is 0.306 e. The number of anilines is 1. The molecule has 0 saturated carbocycles. The highest BCUT2D eigenvalue weighted by Crippen LogP contribution is 2.28. The summed E-state index contributed by atoms with van der Waals surface area (Å²) in [5.41, 5.74) is 5.64. The number of nitrogens with zero attached hydrogens (tertiary/aromatic N) is 2. The molecular weight excluding hydrogens is 382 g/mol. The van der Waals surface area contributed by atoms with Crippen molar-refractivity contribution in [3.63, 3.8) is 0 Å². The van der Waals surface area contributed by atoms with Crippen LogP contribution in [0, 0.1) is 6.92 Å². The van der Waals surface area contributed by atoms with Gasteiger partial charge in [0.15, 0.2) is 0 Å². The summed E-state index contributed by atoms with van der Waals surface area (Å²) in [5.74, 6) is 0.506. The third-order valence-electron chi connectivity index (χ3n) is 5.32. The molecule has 4 nitrogen and oxygen atoms in total. The van der Waals surface area contributed by atoms with Gasteiger partial charge in [0.25, 0.3) is 5.91 Å². The molecule has 1 N–H and O–H groups in total. The zero-order valence-electron chi connectivity index (χ0n) is 18.4. The molecule has 1 heterocycles. The van der Waals surface area contributed by atoms with Gasteiger partial charge in [-0.2, -0.15) is 5.10 Å². The predicted molar refractivity (Wildman–Crippen MR) is 127 cm³/mol. The van der Waals surface area contributed by atoms with Gasteiger partial charge >= 0.3 is 0 Å². The number of carbonyl (C=O) groups excluding carboxylic acids is 1. The van der Waals surface area contributed by atoms with Crippen molar-refractivity contribution in [3.05, 3.63) is 102 Å². The van der Waals surface area contributed by atoms with Crippen molar-refractivity contribution in [2.45, 2.75) is 33.1 Å². The van der Waals surface area contributed by atoms with Crippen molar-refractivity contribution < 1.29 is 4.79 Å². The monoisotopic (exact) mass is 409 g/mol. The van der Waals surface area contributed by atoms with Crippen LogP contribution in [-0.4, -0.2) is 15.7 Å². The third-order valence-corrected chi connectivity index (χ3v) is 5.32. The fraction of sp³-hybridized carbons (Fsp3) is 0.185. The first-order valence-electron chi connectivity index (χ1n) is 10.5. The van der Waals surface area contributed by atoms with Gasteiger partial charge in [0, 0.05) is 17.0 Å². The second-order valence-corrected chi connectivity index (χ2v) is 8.76. The topological polar surface area (TPSA) is 46.9 Å². The first kappa shape index (κ1) is 20.6. The number of hydrogen-bond acceptors (Lipinski definition) is 2. The van der Waals surface area contributed by atoms with E-state index >= 15 is 0 Å². The van der Waals surface area contributed by atoms with Crippen molar-refractivity contribution >= 4 is 11.7 Å². The van der Waals surface area contributed by atoms with E-state index in [1.54, 1.807) is 0 Å². The molecule has 0 aliphatic heterocycles. The second kappa shape index (κ2) is 8.23. The average Bonchev–Trinajstić information content (AvgIpc) is 3.19. The molecule has 0 aliphatic rings. The van der Waals surface area contributed by atoms with Crippen LogP contribution in [0.25, 0.3) is 16.8 Å². The molecule has 0 bridgehead atoms. The predicted octanol–water partition coefficient (Wildman–Crippen LogP) is 6.40. The van der Waals surface area contributed by atoms with Gasteiger partial charge in [0.2, 0.25) is 0 Å². The summed E-state index contributed by atoms with van der Waals surface area (Å²) < 4.78 is 1.83. The second-order valence-electron chi connectivity index (χ2n) is 8.76. The van der Waals surface area contributed by atoms with Crippen LogP contribution >= 0.6 is 0 Å². The van der Waals surface area contributed by atoms with Crippen molar-refractivity contribution in [3.8, 4) is 16.8 Å². The summed E-state index contributed by atoms with van der Waals surface area (Å²) in [5, 5.41) is 7.88. The third kappa shape index (κ3) is 4.43. The summed E-state index contributed by atoms with van der Waals surface area (Å²) in [7, 11) is 0. The van der Waals surface area contributed by atoms with Crippen LogP contribution in [0.5, 0.6) is 0 Å². The normalized spacial score (nSPS) is 11.4. The summed E-state index contributed by atoms with van der Waals surface area (Å²) in [6, 6.07) is 27.8. The van der Waals surface area contributed by atoms with E-state index in [1.165, 1.54) is 0 Å². The van der Waals surface area contributed by atoms with Crippen LogP contribution < -0.4 is 5.32 Å². The minimum absolute atomic E-state index is 0.134. The molecule has 1 amide bonds. The summed E-state index contributed by atoms with van der Waals surface area (Å²) in [6.45, 7) is 8.39. The van der Waals surface area contributed by atoms with E-state index in [1.807, 2.05) is 84.4 Å². The molecule has 0 aliphatic carbocycles. The number of aromatic nitrogens is 2. The zero-order valence-corrected chi connectivity index (χ0v) is 18.4. The Balaban J connectivity index is 1.65. The lowest BCUT2D eigenvalue weighted by atomic mass is 9.92. The molecule has 0 unspecified atom stereocenters. The average molecular weight is 410 g/mol. The maximum absolute atomic E-state index is 13.0. The molecule has 31 heavy (non-hydrogen) atoms. The van der Waals surface area contributed by atoms with E-state index in [2.05, 4.69) is 38.2 Å². The highest BCUT2D eigenvalue weighted by molar-refractivity contribution is 6.04. The van der Waals surface area contributed by atoms with Gasteiger partial charge in [-0.15, -0.1) is 0 Å². The highest BCUT2D eigenvalue weighted by atomic mass is 16.1. The SMILES string of the molecule is Cc1ccccc1-n1nc(C(C)(C)C)cc1NC(=O)c1ccc(-c2ccccc2)cc1. The molecular formula is C27H27N3O. The lowest BCUT2D eigenvalue weighted by molar-refractivity contribution is 0.102. The van der Waals surface area contributed by atoms with Crippen molar-refractivity contribution in [2.75, 3.05) is 5.32 Å². The van der Waals surface area contributed by atoms with E-state index in [-0.39, 0.29) is 11.3 Å². The smallest absolute Gasteiger partial charge is 0.256 e. The van der Waals surface area contributed by atoms with E-state index < -0.39 is 0 Å². The molecule has 1 aromatic heterocycles. The van der Waals surface area contributed by atoms with Crippen molar-refractivity contribution in [2.24, 2.45) is 0 Å². The quantitative estimate of drug-likeness (QED) is 0.424. The summed E-state index contributed by atoms with van der Waals surface area (Å²) in [4.78, 5) is 13.0. The van der Waals surface area contributed by atoms with Gasteiger partial charge in [0.05, 0.1) is 11.4 Å². The highest BCUT2D eigenvalue weighted by Gasteiger charge is 2.22. The van der Waals surface area contributed by atoms with Crippen LogP contribution in [-0.2, 0) is 5.41 Å².